The van der Waals surface area contributed by atoms with E-state index in [-0.39, 0.29) is 17.2 Å². The number of carbonyl (C=O) groups is 3. The number of imide groups is 1. The molecule has 0 saturated carbocycles. The molecule has 0 aromatic heterocycles. The van der Waals surface area contributed by atoms with Crippen molar-refractivity contribution in [2.24, 2.45) is 0 Å². The van der Waals surface area contributed by atoms with Crippen LogP contribution in [0.5, 0.6) is 0 Å². The number of carbonyl (C=O) groups excluding carboxylic acids is 3. The molecule has 8 heteroatoms. The molecule has 0 saturated heterocycles. The van der Waals surface area contributed by atoms with Gasteiger partial charge >= 0.3 is 0 Å². The van der Waals surface area contributed by atoms with Gasteiger partial charge in [-0.15, -0.1) is 0 Å². The lowest BCUT2D eigenvalue weighted by Gasteiger charge is -2.28. The van der Waals surface area contributed by atoms with Crippen LogP contribution in [0.15, 0.2) is 48.5 Å². The summed E-state index contributed by atoms with van der Waals surface area (Å²) in [4.78, 5) is 50.9. The predicted octanol–water partition coefficient (Wildman–Crippen LogP) is 2.63. The lowest BCUT2D eigenvalue weighted by molar-refractivity contribution is -0.385. The molecule has 0 N–H and O–H groups in total. The van der Waals surface area contributed by atoms with Crippen molar-refractivity contribution < 1.29 is 19.3 Å². The first kappa shape index (κ1) is 19.2. The van der Waals surface area contributed by atoms with Gasteiger partial charge in [0, 0.05) is 18.7 Å². The number of nitrogens with zero attached hydrogens (tertiary/aromatic N) is 3. The lowest BCUT2D eigenvalue weighted by Crippen LogP contribution is -2.45. The molecule has 8 nitrogen and oxygen atoms in total. The van der Waals surface area contributed by atoms with E-state index >= 15 is 0 Å². The number of amides is 3. The Hall–Kier alpha value is -3.55. The van der Waals surface area contributed by atoms with Gasteiger partial charge in [0.15, 0.2) is 0 Å². The maximum Gasteiger partial charge on any atom is 0.282 e. The van der Waals surface area contributed by atoms with Gasteiger partial charge in [-0.3, -0.25) is 29.4 Å². The number of fused-ring (bicyclic) bond motifs is 1. The Morgan fingerprint density at radius 3 is 2.36 bits per heavy atom. The Kier molecular flexibility index (Phi) is 5.21. The Labute approximate surface area is 161 Å². The summed E-state index contributed by atoms with van der Waals surface area (Å²) < 4.78 is 0. The molecule has 0 bridgehead atoms. The summed E-state index contributed by atoms with van der Waals surface area (Å²) in [5, 5.41) is 11.2. The van der Waals surface area contributed by atoms with Crippen molar-refractivity contribution in [3.05, 3.63) is 75.3 Å². The average molecular weight is 381 g/mol. The zero-order chi connectivity index (χ0) is 20.4. The summed E-state index contributed by atoms with van der Waals surface area (Å²) >= 11 is 0. The maximum absolute atomic E-state index is 12.9. The molecule has 0 aliphatic carbocycles. The zero-order valence-electron chi connectivity index (χ0n) is 15.5. The number of hydrogen-bond donors (Lipinski definition) is 0. The van der Waals surface area contributed by atoms with Gasteiger partial charge in [-0.05, 0) is 25.5 Å². The first-order valence-electron chi connectivity index (χ1n) is 8.78. The summed E-state index contributed by atoms with van der Waals surface area (Å²) in [6, 6.07) is 13.1. The Morgan fingerprint density at radius 1 is 1.07 bits per heavy atom. The van der Waals surface area contributed by atoms with Crippen molar-refractivity contribution in [1.29, 1.82) is 0 Å². The summed E-state index contributed by atoms with van der Waals surface area (Å²) in [7, 11) is 0. The van der Waals surface area contributed by atoms with E-state index in [1.54, 1.807) is 4.90 Å². The van der Waals surface area contributed by atoms with Crippen molar-refractivity contribution >= 4 is 23.4 Å². The first-order valence-corrected chi connectivity index (χ1v) is 8.78. The third-order valence-corrected chi connectivity index (χ3v) is 4.61. The minimum absolute atomic E-state index is 0.0499. The molecule has 28 heavy (non-hydrogen) atoms. The molecule has 2 aromatic carbocycles. The van der Waals surface area contributed by atoms with Gasteiger partial charge in [0.1, 0.15) is 12.1 Å². The van der Waals surface area contributed by atoms with Crippen molar-refractivity contribution in [3.8, 4) is 0 Å². The van der Waals surface area contributed by atoms with Crippen molar-refractivity contribution in [3.63, 3.8) is 0 Å². The fraction of sp³-hybridized carbons (Fsp3) is 0.250. The molecular formula is C20H19N3O5. The molecule has 2 aromatic rings. The highest BCUT2D eigenvalue weighted by molar-refractivity contribution is 6.24. The Balaban J connectivity index is 1.83. The van der Waals surface area contributed by atoms with Crippen molar-refractivity contribution in [1.82, 2.24) is 9.80 Å². The van der Waals surface area contributed by atoms with E-state index in [0.717, 1.165) is 10.5 Å². The molecule has 3 amide bonds. The third kappa shape index (κ3) is 3.48. The van der Waals surface area contributed by atoms with Crippen LogP contribution >= 0.6 is 0 Å². The normalized spacial score (nSPS) is 13.0. The third-order valence-electron chi connectivity index (χ3n) is 4.61. The summed E-state index contributed by atoms with van der Waals surface area (Å²) in [5.41, 5.74) is 0.175. The number of rotatable bonds is 6. The van der Waals surface area contributed by atoms with Gasteiger partial charge in [0.25, 0.3) is 17.5 Å². The van der Waals surface area contributed by atoms with E-state index in [9.17, 15) is 24.5 Å². The standard InChI is InChI=1S/C20H19N3O5/c1-13(2)21(11-14-7-4-3-5-8-14)17(24)12-22-19(25)15-9-6-10-16(23(27)28)18(15)20(22)26/h3-10,13H,11-12H2,1-2H3. The van der Waals surface area contributed by atoms with Gasteiger partial charge in [0.05, 0.1) is 10.5 Å². The van der Waals surface area contributed by atoms with Crippen LogP contribution in [0.2, 0.25) is 0 Å². The fourth-order valence-corrected chi connectivity index (χ4v) is 3.18. The van der Waals surface area contributed by atoms with Gasteiger partial charge in [-0.2, -0.15) is 0 Å². The topological polar surface area (TPSA) is 101 Å². The minimum atomic E-state index is -0.816. The fourth-order valence-electron chi connectivity index (χ4n) is 3.18. The van der Waals surface area contributed by atoms with Gasteiger partial charge in [-0.1, -0.05) is 36.4 Å². The van der Waals surface area contributed by atoms with Crippen LogP contribution in [0, 0.1) is 10.1 Å². The highest BCUT2D eigenvalue weighted by Gasteiger charge is 2.42. The van der Waals surface area contributed by atoms with E-state index in [2.05, 4.69) is 0 Å². The van der Waals surface area contributed by atoms with E-state index in [0.29, 0.717) is 6.54 Å². The van der Waals surface area contributed by atoms with Crippen LogP contribution in [-0.2, 0) is 11.3 Å². The van der Waals surface area contributed by atoms with E-state index in [1.165, 1.54) is 18.2 Å². The van der Waals surface area contributed by atoms with Crippen LogP contribution in [-0.4, -0.2) is 45.0 Å². The van der Waals surface area contributed by atoms with E-state index in [1.807, 2.05) is 44.2 Å². The molecule has 0 radical (unpaired) electrons. The molecule has 1 aliphatic heterocycles. The summed E-state index contributed by atoms with van der Waals surface area (Å²) in [5.74, 6) is -1.92. The Morgan fingerprint density at radius 2 is 1.75 bits per heavy atom. The predicted molar refractivity (Wildman–Crippen MR) is 101 cm³/mol. The number of hydrogen-bond acceptors (Lipinski definition) is 5. The molecule has 3 rings (SSSR count). The molecule has 144 valence electrons. The second-order valence-corrected chi connectivity index (χ2v) is 6.75. The van der Waals surface area contributed by atoms with Crippen LogP contribution in [0.25, 0.3) is 0 Å². The van der Waals surface area contributed by atoms with E-state index < -0.39 is 34.9 Å². The van der Waals surface area contributed by atoms with Crippen LogP contribution in [0.1, 0.15) is 40.1 Å². The molecule has 0 fully saturated rings. The zero-order valence-corrected chi connectivity index (χ0v) is 15.5. The quantitative estimate of drug-likeness (QED) is 0.435. The average Bonchev–Trinajstić information content (AvgIpc) is 2.91. The number of nitro groups is 1. The highest BCUT2D eigenvalue weighted by atomic mass is 16.6. The first-order chi connectivity index (χ1) is 13.3. The molecule has 0 unspecified atom stereocenters. The molecular weight excluding hydrogens is 362 g/mol. The summed E-state index contributed by atoms with van der Waals surface area (Å²) in [6.07, 6.45) is 0. The molecule has 1 aliphatic rings. The largest absolute Gasteiger partial charge is 0.334 e. The van der Waals surface area contributed by atoms with E-state index in [4.69, 9.17) is 0 Å². The van der Waals surface area contributed by atoms with Crippen LogP contribution in [0.3, 0.4) is 0 Å². The highest BCUT2D eigenvalue weighted by Crippen LogP contribution is 2.30. The smallest absolute Gasteiger partial charge is 0.282 e. The monoisotopic (exact) mass is 381 g/mol. The summed E-state index contributed by atoms with van der Waals surface area (Å²) in [6.45, 7) is 3.55. The van der Waals surface area contributed by atoms with Crippen molar-refractivity contribution in [2.75, 3.05) is 6.54 Å². The lowest BCUT2D eigenvalue weighted by atomic mass is 10.1. The number of nitro benzene ring substituents is 1. The molecule has 0 spiro atoms. The number of benzene rings is 2. The SMILES string of the molecule is CC(C)N(Cc1ccccc1)C(=O)CN1C(=O)c2cccc([N+](=O)[O-])c2C1=O. The van der Waals surface area contributed by atoms with Gasteiger partial charge in [0.2, 0.25) is 5.91 Å². The van der Waals surface area contributed by atoms with Crippen LogP contribution in [0.4, 0.5) is 5.69 Å². The Bertz CT molecular complexity index is 956. The second-order valence-electron chi connectivity index (χ2n) is 6.75. The van der Waals surface area contributed by atoms with Crippen LogP contribution < -0.4 is 0 Å². The minimum Gasteiger partial charge on any atom is -0.334 e. The van der Waals surface area contributed by atoms with Crippen molar-refractivity contribution in [2.45, 2.75) is 26.4 Å². The van der Waals surface area contributed by atoms with Gasteiger partial charge in [-0.25, -0.2) is 0 Å². The molecule has 0 atom stereocenters. The second kappa shape index (κ2) is 7.59. The maximum atomic E-state index is 12.9. The van der Waals surface area contributed by atoms with Gasteiger partial charge < -0.3 is 4.90 Å². The molecule has 1 heterocycles.